The van der Waals surface area contributed by atoms with Crippen molar-refractivity contribution in [3.05, 3.63) is 47.5 Å². The Morgan fingerprint density at radius 2 is 1.94 bits per heavy atom. The average Bonchev–Trinajstić information content (AvgIpc) is 2.83. The highest BCUT2D eigenvalue weighted by Crippen LogP contribution is 2.38. The first kappa shape index (κ1) is 27.8. The summed E-state index contributed by atoms with van der Waals surface area (Å²) < 4.78 is 47.2. The molecule has 11 heteroatoms. The van der Waals surface area contributed by atoms with Gasteiger partial charge in [0, 0.05) is 36.9 Å². The van der Waals surface area contributed by atoms with Gasteiger partial charge in [-0.25, -0.2) is 0 Å². The fourth-order valence-corrected chi connectivity index (χ4v) is 4.41. The predicted octanol–water partition coefficient (Wildman–Crippen LogP) is 5.36. The summed E-state index contributed by atoms with van der Waals surface area (Å²) in [7, 11) is 1.38. The normalized spacial score (nSPS) is 16.9. The molecule has 0 bridgehead atoms. The quantitative estimate of drug-likeness (QED) is 0.428. The highest BCUT2D eigenvalue weighted by molar-refractivity contribution is 6.33. The first-order valence-electron chi connectivity index (χ1n) is 11.5. The molecule has 7 nitrogen and oxygen atoms in total. The molecule has 2 atom stereocenters. The van der Waals surface area contributed by atoms with E-state index in [-0.39, 0.29) is 28.8 Å². The molecule has 0 spiro atoms. The maximum atomic E-state index is 13.0. The Kier molecular flexibility index (Phi) is 9.58. The zero-order chi connectivity index (χ0) is 26.3. The van der Waals surface area contributed by atoms with Crippen molar-refractivity contribution in [2.45, 2.75) is 57.2 Å². The van der Waals surface area contributed by atoms with Gasteiger partial charge in [-0.2, -0.15) is 0 Å². The van der Waals surface area contributed by atoms with Crippen molar-refractivity contribution in [3.63, 3.8) is 0 Å². The zero-order valence-electron chi connectivity index (χ0n) is 19.7. The molecule has 2 aromatic rings. The molecule has 0 aliphatic carbocycles. The number of hydrogen-bond acceptors (Lipinski definition) is 5. The Balaban J connectivity index is 1.70. The van der Waals surface area contributed by atoms with Gasteiger partial charge in [-0.3, -0.25) is 9.59 Å². The molecule has 0 saturated carbocycles. The average molecular weight is 529 g/mol. The number of nitrogens with zero attached hydrogens (tertiary/aromatic N) is 1. The van der Waals surface area contributed by atoms with Gasteiger partial charge in [-0.1, -0.05) is 35.9 Å². The van der Waals surface area contributed by atoms with Crippen molar-refractivity contribution < 1.29 is 37.3 Å². The van der Waals surface area contributed by atoms with Crippen molar-refractivity contribution in [2.24, 2.45) is 0 Å². The number of benzene rings is 2. The van der Waals surface area contributed by atoms with Gasteiger partial charge in [-0.15, -0.1) is 13.2 Å². The third-order valence-electron chi connectivity index (χ3n) is 5.88. The third kappa shape index (κ3) is 7.59. The van der Waals surface area contributed by atoms with Crippen molar-refractivity contribution >= 4 is 29.1 Å². The maximum Gasteiger partial charge on any atom is 0.573 e. The minimum absolute atomic E-state index is 0.124. The molecule has 0 radical (unpaired) electrons. The predicted molar refractivity (Wildman–Crippen MR) is 128 cm³/mol. The van der Waals surface area contributed by atoms with Gasteiger partial charge in [0.25, 0.3) is 0 Å². The summed E-state index contributed by atoms with van der Waals surface area (Å²) in [5.74, 6) is -0.935. The Bertz CT molecular complexity index is 1070. The highest BCUT2D eigenvalue weighted by atomic mass is 35.5. The largest absolute Gasteiger partial charge is 0.573 e. The van der Waals surface area contributed by atoms with Crippen molar-refractivity contribution in [1.82, 2.24) is 4.90 Å². The number of anilines is 1. The molecule has 1 unspecified atom stereocenters. The Labute approximate surface area is 212 Å². The number of amides is 2. The van der Waals surface area contributed by atoms with E-state index in [9.17, 15) is 27.9 Å². The number of aliphatic hydroxyl groups excluding tert-OH is 1. The zero-order valence-corrected chi connectivity index (χ0v) is 20.4. The topological polar surface area (TPSA) is 88.1 Å². The molecule has 36 heavy (non-hydrogen) atoms. The van der Waals surface area contributed by atoms with E-state index in [1.54, 1.807) is 11.0 Å². The van der Waals surface area contributed by atoms with Crippen LogP contribution in [0.1, 0.15) is 38.5 Å². The molecule has 196 valence electrons. The smallest absolute Gasteiger partial charge is 0.405 e. The lowest BCUT2D eigenvalue weighted by atomic mass is 10.00. The Morgan fingerprint density at radius 1 is 1.19 bits per heavy atom. The van der Waals surface area contributed by atoms with Crippen LogP contribution in [0.4, 0.5) is 18.9 Å². The van der Waals surface area contributed by atoms with Crippen LogP contribution < -0.4 is 10.1 Å². The third-order valence-corrected chi connectivity index (χ3v) is 6.19. The van der Waals surface area contributed by atoms with Gasteiger partial charge in [-0.05, 0) is 50.3 Å². The van der Waals surface area contributed by atoms with E-state index < -0.39 is 24.4 Å². The number of nitrogens with one attached hydrogen (secondary N) is 1. The summed E-state index contributed by atoms with van der Waals surface area (Å²) in [5.41, 5.74) is 0.812. The highest BCUT2D eigenvalue weighted by Gasteiger charge is 2.33. The van der Waals surface area contributed by atoms with Crippen LogP contribution in [0.3, 0.4) is 0 Å². The van der Waals surface area contributed by atoms with E-state index in [1.807, 2.05) is 0 Å². The fourth-order valence-electron chi connectivity index (χ4n) is 4.13. The van der Waals surface area contributed by atoms with E-state index in [0.717, 1.165) is 12.8 Å². The number of aliphatic hydroxyl groups is 1. The van der Waals surface area contributed by atoms with E-state index in [1.165, 1.54) is 43.5 Å². The van der Waals surface area contributed by atoms with Gasteiger partial charge in [0.05, 0.1) is 5.02 Å². The number of halogens is 4. The summed E-state index contributed by atoms with van der Waals surface area (Å²) in [6.45, 7) is 0.458. The summed E-state index contributed by atoms with van der Waals surface area (Å²) >= 11 is 6.37. The molecule has 0 aromatic heterocycles. The van der Waals surface area contributed by atoms with Crippen LogP contribution in [-0.4, -0.2) is 54.2 Å². The van der Waals surface area contributed by atoms with E-state index >= 15 is 0 Å². The lowest BCUT2D eigenvalue weighted by Gasteiger charge is -2.35. The maximum absolute atomic E-state index is 13.0. The molecule has 1 fully saturated rings. The van der Waals surface area contributed by atoms with Gasteiger partial charge >= 0.3 is 6.36 Å². The minimum Gasteiger partial charge on any atom is -0.405 e. The Morgan fingerprint density at radius 3 is 2.64 bits per heavy atom. The standard InChI is InChI=1S/C25H28ClF3N2O5/c1-35-23(33)11-6-10-22(32)31-14-5-4-8-20(31)24(34)30-16-12-13-17(19(26)15-16)18-7-2-3-9-21(18)36-25(27,28)29/h2-3,7,9,12-13,15,20,23,33H,4-6,8,10-11,14H2,1H3,(H,30,34)/t20-,23?/m1/s1. The molecular formula is C25H28ClF3N2O5. The number of piperidine rings is 1. The van der Waals surface area contributed by atoms with Crippen molar-refractivity contribution in [1.29, 1.82) is 0 Å². The molecule has 1 saturated heterocycles. The number of carbonyl (C=O) groups excluding carboxylic acids is 2. The molecule has 1 heterocycles. The molecule has 1 aliphatic rings. The monoisotopic (exact) mass is 528 g/mol. The number of hydrogen-bond donors (Lipinski definition) is 2. The SMILES string of the molecule is COC(O)CCCC(=O)N1CCCC[C@@H]1C(=O)Nc1ccc(-c2ccccc2OC(F)(F)F)c(Cl)c1. The van der Waals surface area contributed by atoms with Gasteiger partial charge in [0.15, 0.2) is 6.29 Å². The van der Waals surface area contributed by atoms with Crippen LogP contribution in [0.25, 0.3) is 11.1 Å². The number of ether oxygens (including phenoxy) is 2. The molecule has 2 amide bonds. The molecular weight excluding hydrogens is 501 g/mol. The van der Waals surface area contributed by atoms with E-state index in [4.69, 9.17) is 16.3 Å². The van der Waals surface area contributed by atoms with Crippen LogP contribution in [0.15, 0.2) is 42.5 Å². The number of rotatable bonds is 9. The molecule has 3 rings (SSSR count). The van der Waals surface area contributed by atoms with Gasteiger partial charge in [0.2, 0.25) is 11.8 Å². The van der Waals surface area contributed by atoms with Crippen LogP contribution in [0.2, 0.25) is 5.02 Å². The number of methoxy groups -OCH3 is 1. The van der Waals surface area contributed by atoms with Gasteiger partial charge in [0.1, 0.15) is 11.8 Å². The number of likely N-dealkylation sites (tertiary alicyclic amines) is 1. The van der Waals surface area contributed by atoms with Crippen LogP contribution in [-0.2, 0) is 14.3 Å². The lowest BCUT2D eigenvalue weighted by molar-refractivity contribution is -0.274. The van der Waals surface area contributed by atoms with E-state index in [2.05, 4.69) is 10.1 Å². The lowest BCUT2D eigenvalue weighted by Crippen LogP contribution is -2.50. The number of carbonyl (C=O) groups is 2. The molecule has 2 aromatic carbocycles. The van der Waals surface area contributed by atoms with Crippen molar-refractivity contribution in [3.8, 4) is 16.9 Å². The van der Waals surface area contributed by atoms with Crippen LogP contribution in [0.5, 0.6) is 5.75 Å². The summed E-state index contributed by atoms with van der Waals surface area (Å²) in [6.07, 6.45) is -2.78. The van der Waals surface area contributed by atoms with Crippen molar-refractivity contribution in [2.75, 3.05) is 19.0 Å². The molecule has 1 aliphatic heterocycles. The second kappa shape index (κ2) is 12.4. The van der Waals surface area contributed by atoms with Crippen LogP contribution in [0, 0.1) is 0 Å². The summed E-state index contributed by atoms with van der Waals surface area (Å²) in [5, 5.41) is 12.4. The fraction of sp³-hybridized carbons (Fsp3) is 0.440. The summed E-state index contributed by atoms with van der Waals surface area (Å²) in [6, 6.07) is 9.46. The van der Waals surface area contributed by atoms with Crippen LogP contribution >= 0.6 is 11.6 Å². The second-order valence-electron chi connectivity index (χ2n) is 8.41. The number of para-hydroxylation sites is 1. The minimum atomic E-state index is -4.86. The van der Waals surface area contributed by atoms with E-state index in [0.29, 0.717) is 37.1 Å². The number of alkyl halides is 3. The molecule has 2 N–H and O–H groups in total. The summed E-state index contributed by atoms with van der Waals surface area (Å²) in [4.78, 5) is 27.3. The Hall–Kier alpha value is -2.82. The second-order valence-corrected chi connectivity index (χ2v) is 8.82. The first-order valence-corrected chi connectivity index (χ1v) is 11.9. The first-order chi connectivity index (χ1) is 17.1. The van der Waals surface area contributed by atoms with Gasteiger partial charge < -0.3 is 24.8 Å².